The van der Waals surface area contributed by atoms with Gasteiger partial charge in [0.1, 0.15) is 12.1 Å². The molecule has 1 aliphatic heterocycles. The number of benzene rings is 2. The van der Waals surface area contributed by atoms with Gasteiger partial charge in [-0.1, -0.05) is 30.3 Å². The van der Waals surface area contributed by atoms with Crippen molar-refractivity contribution in [2.75, 3.05) is 23.9 Å². The SMILES string of the molecule is COc1ccccc1Nc1ncnc(N2CCc3ccccc32)c1[N+](=O)[O-]. The van der Waals surface area contributed by atoms with E-state index in [0.717, 1.165) is 17.7 Å². The molecule has 0 spiro atoms. The molecular weight excluding hydrogens is 346 g/mol. The fourth-order valence-electron chi connectivity index (χ4n) is 3.26. The van der Waals surface area contributed by atoms with Crippen molar-refractivity contribution in [2.45, 2.75) is 6.42 Å². The van der Waals surface area contributed by atoms with Crippen LogP contribution in [0.15, 0.2) is 54.9 Å². The first-order valence-corrected chi connectivity index (χ1v) is 8.44. The van der Waals surface area contributed by atoms with Crippen molar-refractivity contribution in [2.24, 2.45) is 0 Å². The number of rotatable bonds is 5. The van der Waals surface area contributed by atoms with E-state index in [2.05, 4.69) is 15.3 Å². The molecule has 3 aromatic rings. The van der Waals surface area contributed by atoms with Gasteiger partial charge in [-0.3, -0.25) is 10.1 Å². The second-order valence-corrected chi connectivity index (χ2v) is 6.01. The van der Waals surface area contributed by atoms with Crippen LogP contribution in [-0.2, 0) is 6.42 Å². The van der Waals surface area contributed by atoms with Crippen LogP contribution in [0.3, 0.4) is 0 Å². The maximum absolute atomic E-state index is 11.9. The van der Waals surface area contributed by atoms with E-state index in [9.17, 15) is 10.1 Å². The topological polar surface area (TPSA) is 93.4 Å². The largest absolute Gasteiger partial charge is 0.495 e. The summed E-state index contributed by atoms with van der Waals surface area (Å²) >= 11 is 0. The fraction of sp³-hybridized carbons (Fsp3) is 0.158. The molecule has 2 heterocycles. The highest BCUT2D eigenvalue weighted by atomic mass is 16.6. The Balaban J connectivity index is 1.79. The third kappa shape index (κ3) is 3.01. The summed E-state index contributed by atoms with van der Waals surface area (Å²) in [6.07, 6.45) is 2.15. The highest BCUT2D eigenvalue weighted by molar-refractivity contribution is 5.81. The van der Waals surface area contributed by atoms with Crippen molar-refractivity contribution in [1.29, 1.82) is 0 Å². The fourth-order valence-corrected chi connectivity index (χ4v) is 3.26. The molecule has 1 N–H and O–H groups in total. The van der Waals surface area contributed by atoms with E-state index < -0.39 is 4.92 Å². The predicted molar refractivity (Wildman–Crippen MR) is 102 cm³/mol. The van der Waals surface area contributed by atoms with Gasteiger partial charge in [-0.05, 0) is 30.2 Å². The molecule has 8 nitrogen and oxygen atoms in total. The number of nitro groups is 1. The molecule has 8 heteroatoms. The van der Waals surface area contributed by atoms with E-state index in [1.165, 1.54) is 6.33 Å². The number of anilines is 4. The Hall–Kier alpha value is -3.68. The molecular formula is C19H17N5O3. The summed E-state index contributed by atoms with van der Waals surface area (Å²) in [5.74, 6) is 0.967. The smallest absolute Gasteiger partial charge is 0.354 e. The molecule has 0 saturated heterocycles. The average molecular weight is 363 g/mol. The van der Waals surface area contributed by atoms with Crippen molar-refractivity contribution < 1.29 is 9.66 Å². The summed E-state index contributed by atoms with van der Waals surface area (Å²) in [5.41, 5.74) is 2.50. The van der Waals surface area contributed by atoms with E-state index in [-0.39, 0.29) is 17.3 Å². The summed E-state index contributed by atoms with van der Waals surface area (Å²) in [5, 5.41) is 14.9. The number of methoxy groups -OCH3 is 1. The van der Waals surface area contributed by atoms with Crippen LogP contribution in [0.1, 0.15) is 5.56 Å². The van der Waals surface area contributed by atoms with Crippen LogP contribution in [-0.4, -0.2) is 28.5 Å². The molecule has 136 valence electrons. The molecule has 1 aliphatic rings. The zero-order chi connectivity index (χ0) is 18.8. The maximum Gasteiger partial charge on any atom is 0.354 e. The van der Waals surface area contributed by atoms with Crippen LogP contribution in [0, 0.1) is 10.1 Å². The molecule has 2 aromatic carbocycles. The quantitative estimate of drug-likeness (QED) is 0.544. The number of aromatic nitrogens is 2. The molecule has 27 heavy (non-hydrogen) atoms. The number of nitrogens with zero attached hydrogens (tertiary/aromatic N) is 4. The number of nitrogens with one attached hydrogen (secondary N) is 1. The molecule has 0 unspecified atom stereocenters. The Morgan fingerprint density at radius 3 is 2.74 bits per heavy atom. The first-order valence-electron chi connectivity index (χ1n) is 8.44. The van der Waals surface area contributed by atoms with Crippen molar-refractivity contribution in [3.8, 4) is 5.75 Å². The van der Waals surface area contributed by atoms with Gasteiger partial charge >= 0.3 is 5.69 Å². The van der Waals surface area contributed by atoms with Gasteiger partial charge in [-0.25, -0.2) is 9.97 Å². The normalized spacial score (nSPS) is 12.6. The van der Waals surface area contributed by atoms with Crippen LogP contribution < -0.4 is 15.0 Å². The van der Waals surface area contributed by atoms with Crippen molar-refractivity contribution in [3.05, 3.63) is 70.5 Å². The van der Waals surface area contributed by atoms with Crippen LogP contribution in [0.25, 0.3) is 0 Å². The third-order valence-electron chi connectivity index (χ3n) is 4.49. The summed E-state index contributed by atoms with van der Waals surface area (Å²) in [6.45, 7) is 0.630. The van der Waals surface area contributed by atoms with E-state index in [4.69, 9.17) is 4.74 Å². The van der Waals surface area contributed by atoms with E-state index in [0.29, 0.717) is 18.0 Å². The van der Waals surface area contributed by atoms with E-state index in [1.807, 2.05) is 41.3 Å². The van der Waals surface area contributed by atoms with Crippen LogP contribution >= 0.6 is 0 Å². The maximum atomic E-state index is 11.9. The van der Waals surface area contributed by atoms with Crippen LogP contribution in [0.2, 0.25) is 0 Å². The minimum atomic E-state index is -0.450. The third-order valence-corrected chi connectivity index (χ3v) is 4.49. The average Bonchev–Trinajstić information content (AvgIpc) is 3.12. The van der Waals surface area contributed by atoms with Gasteiger partial charge in [-0.2, -0.15) is 0 Å². The summed E-state index contributed by atoms with van der Waals surface area (Å²) in [6, 6.07) is 15.0. The van der Waals surface area contributed by atoms with Crippen molar-refractivity contribution >= 4 is 28.7 Å². The lowest BCUT2D eigenvalue weighted by atomic mass is 10.2. The van der Waals surface area contributed by atoms with Gasteiger partial charge in [0.25, 0.3) is 0 Å². The zero-order valence-electron chi connectivity index (χ0n) is 14.6. The Bertz CT molecular complexity index is 1010. The van der Waals surface area contributed by atoms with Gasteiger partial charge in [0, 0.05) is 12.2 Å². The lowest BCUT2D eigenvalue weighted by Crippen LogP contribution is -2.17. The Labute approximate surface area is 155 Å². The molecule has 0 atom stereocenters. The van der Waals surface area contributed by atoms with Crippen LogP contribution in [0.4, 0.5) is 28.7 Å². The van der Waals surface area contributed by atoms with E-state index >= 15 is 0 Å². The molecule has 0 radical (unpaired) electrons. The second-order valence-electron chi connectivity index (χ2n) is 6.01. The second kappa shape index (κ2) is 6.91. The van der Waals surface area contributed by atoms with Gasteiger partial charge in [-0.15, -0.1) is 0 Å². The number of para-hydroxylation sites is 3. The summed E-state index contributed by atoms with van der Waals surface area (Å²) < 4.78 is 5.31. The lowest BCUT2D eigenvalue weighted by Gasteiger charge is -2.19. The minimum absolute atomic E-state index is 0.124. The van der Waals surface area contributed by atoms with Crippen LogP contribution in [0.5, 0.6) is 5.75 Å². The van der Waals surface area contributed by atoms with Gasteiger partial charge in [0.05, 0.1) is 17.7 Å². The Morgan fingerprint density at radius 1 is 1.15 bits per heavy atom. The lowest BCUT2D eigenvalue weighted by molar-refractivity contribution is -0.383. The molecule has 1 aromatic heterocycles. The van der Waals surface area contributed by atoms with Gasteiger partial charge in [0.15, 0.2) is 0 Å². The molecule has 0 saturated carbocycles. The summed E-state index contributed by atoms with van der Waals surface area (Å²) in [4.78, 5) is 21.6. The molecule has 0 bridgehead atoms. The highest BCUT2D eigenvalue weighted by Crippen LogP contribution is 2.41. The number of ether oxygens (including phenoxy) is 1. The van der Waals surface area contributed by atoms with Gasteiger partial charge in [0.2, 0.25) is 11.6 Å². The minimum Gasteiger partial charge on any atom is -0.495 e. The number of fused-ring (bicyclic) bond motifs is 1. The van der Waals surface area contributed by atoms with E-state index in [1.54, 1.807) is 19.2 Å². The summed E-state index contributed by atoms with van der Waals surface area (Å²) in [7, 11) is 1.54. The molecule has 4 rings (SSSR count). The zero-order valence-corrected chi connectivity index (χ0v) is 14.6. The first kappa shape index (κ1) is 16.8. The predicted octanol–water partition coefficient (Wildman–Crippen LogP) is 3.83. The molecule has 0 fully saturated rings. The Morgan fingerprint density at radius 2 is 1.93 bits per heavy atom. The Kier molecular flexibility index (Phi) is 4.29. The van der Waals surface area contributed by atoms with Crippen molar-refractivity contribution in [3.63, 3.8) is 0 Å². The number of hydrogen-bond donors (Lipinski definition) is 1. The standard InChI is InChI=1S/C19H17N5O3/c1-27-16-9-5-3-7-14(16)22-18-17(24(25)26)19(21-12-20-18)23-11-10-13-6-2-4-8-15(13)23/h2-9,12H,10-11H2,1H3,(H,20,21,22). The first-order chi connectivity index (χ1) is 13.2. The molecule has 0 amide bonds. The number of hydrogen-bond acceptors (Lipinski definition) is 7. The monoisotopic (exact) mass is 363 g/mol. The van der Waals surface area contributed by atoms with Crippen molar-refractivity contribution in [1.82, 2.24) is 9.97 Å². The highest BCUT2D eigenvalue weighted by Gasteiger charge is 2.31. The van der Waals surface area contributed by atoms with Gasteiger partial charge < -0.3 is 15.0 Å². The molecule has 0 aliphatic carbocycles.